The summed E-state index contributed by atoms with van der Waals surface area (Å²) in [6.07, 6.45) is 0.707. The van der Waals surface area contributed by atoms with Crippen molar-refractivity contribution >= 4 is 44.1 Å². The summed E-state index contributed by atoms with van der Waals surface area (Å²) in [6.45, 7) is 8.28. The normalized spacial score (nSPS) is 20.5. The molecule has 2 atom stereocenters. The third-order valence-corrected chi connectivity index (χ3v) is 8.27. The average molecular weight is 543 g/mol. The molecule has 39 heavy (non-hydrogen) atoms. The molecule has 0 spiro atoms. The van der Waals surface area contributed by atoms with Crippen molar-refractivity contribution in [3.63, 3.8) is 0 Å². The number of ketones is 1. The number of aliphatic hydroxyl groups excluding tert-OH is 1. The van der Waals surface area contributed by atoms with Crippen molar-refractivity contribution in [2.24, 2.45) is 0 Å². The highest BCUT2D eigenvalue weighted by atomic mass is 32.1. The van der Waals surface area contributed by atoms with Crippen molar-refractivity contribution in [3.8, 4) is 5.75 Å². The zero-order chi connectivity index (χ0) is 27.6. The van der Waals surface area contributed by atoms with Crippen molar-refractivity contribution in [2.75, 3.05) is 4.90 Å². The molecule has 198 valence electrons. The number of anilines is 1. The molecule has 3 heterocycles. The van der Waals surface area contributed by atoms with E-state index in [1.54, 1.807) is 18.2 Å². The molecule has 1 saturated heterocycles. The van der Waals surface area contributed by atoms with Crippen molar-refractivity contribution < 1.29 is 23.8 Å². The number of rotatable bonds is 3. The number of aliphatic hydroxyl groups is 1. The quantitative estimate of drug-likeness (QED) is 0.177. The molecule has 1 amide bonds. The maximum Gasteiger partial charge on any atom is 0.301 e. The topological polar surface area (TPSA) is 79.7 Å². The Kier molecular flexibility index (Phi) is 5.84. The van der Waals surface area contributed by atoms with Crippen LogP contribution in [0.5, 0.6) is 5.75 Å². The molecule has 0 aliphatic carbocycles. The van der Waals surface area contributed by atoms with E-state index in [2.05, 4.69) is 25.8 Å². The number of halogens is 1. The van der Waals surface area contributed by atoms with Crippen molar-refractivity contribution in [2.45, 2.75) is 51.7 Å². The molecule has 3 aromatic carbocycles. The fourth-order valence-corrected chi connectivity index (χ4v) is 6.24. The van der Waals surface area contributed by atoms with Crippen LogP contribution in [0.3, 0.4) is 0 Å². The number of aromatic nitrogens is 1. The Morgan fingerprint density at radius 2 is 1.82 bits per heavy atom. The van der Waals surface area contributed by atoms with Gasteiger partial charge in [-0.05, 0) is 65.4 Å². The Bertz CT molecular complexity index is 1680. The van der Waals surface area contributed by atoms with Gasteiger partial charge in [0.15, 0.2) is 5.13 Å². The number of thiazole rings is 1. The van der Waals surface area contributed by atoms with Gasteiger partial charge in [0.05, 0.1) is 21.8 Å². The molecule has 6 rings (SSSR count). The van der Waals surface area contributed by atoms with E-state index in [0.29, 0.717) is 27.8 Å². The maximum absolute atomic E-state index is 13.9. The minimum absolute atomic E-state index is 0.0131. The molecule has 4 aromatic rings. The lowest BCUT2D eigenvalue weighted by molar-refractivity contribution is -0.132. The molecule has 6 nitrogen and oxygen atoms in total. The second-order valence-electron chi connectivity index (χ2n) is 11.1. The largest absolute Gasteiger partial charge is 0.507 e. The molecule has 0 bridgehead atoms. The second-order valence-corrected chi connectivity index (χ2v) is 12.1. The van der Waals surface area contributed by atoms with Gasteiger partial charge in [0.2, 0.25) is 0 Å². The summed E-state index contributed by atoms with van der Waals surface area (Å²) in [5, 5.41) is 11.8. The molecule has 8 heteroatoms. The summed E-state index contributed by atoms with van der Waals surface area (Å²) in [5.74, 6) is -1.51. The molecule has 0 unspecified atom stereocenters. The van der Waals surface area contributed by atoms with Gasteiger partial charge in [0, 0.05) is 12.0 Å². The number of fused-ring (bicyclic) bond motifs is 2. The summed E-state index contributed by atoms with van der Waals surface area (Å²) in [4.78, 5) is 33.0. The van der Waals surface area contributed by atoms with Gasteiger partial charge >= 0.3 is 5.91 Å². The molecule has 0 saturated carbocycles. The summed E-state index contributed by atoms with van der Waals surface area (Å²) in [7, 11) is 0. The van der Waals surface area contributed by atoms with E-state index in [-0.39, 0.29) is 28.0 Å². The number of amides is 1. The van der Waals surface area contributed by atoms with Crippen LogP contribution in [0.1, 0.15) is 56.0 Å². The molecule has 0 radical (unpaired) electrons. The first kappa shape index (κ1) is 25.2. The first-order chi connectivity index (χ1) is 18.5. The van der Waals surface area contributed by atoms with E-state index in [0.717, 1.165) is 28.2 Å². The van der Waals surface area contributed by atoms with Crippen LogP contribution in [0.25, 0.3) is 16.0 Å². The average Bonchev–Trinajstić information content (AvgIpc) is 3.55. The second kappa shape index (κ2) is 9.02. The van der Waals surface area contributed by atoms with Crippen molar-refractivity contribution in [1.29, 1.82) is 0 Å². The lowest BCUT2D eigenvalue weighted by Crippen LogP contribution is -2.29. The van der Waals surface area contributed by atoms with E-state index in [4.69, 9.17) is 4.74 Å². The Hall–Kier alpha value is -4.04. The Labute approximate surface area is 229 Å². The summed E-state index contributed by atoms with van der Waals surface area (Å²) < 4.78 is 20.2. The van der Waals surface area contributed by atoms with Crippen LogP contribution in [-0.2, 0) is 21.4 Å². The number of benzene rings is 3. The van der Waals surface area contributed by atoms with Crippen LogP contribution < -0.4 is 9.64 Å². The SMILES string of the molecule is C[C@H]1Cc2cc(/C(O)=C3\C(=O)C(=O)N(c4nc5ccc(F)cc5s4)[C@H]3c3ccc(C(C)(C)C)cc3)ccc2O1. The fraction of sp³-hybridized carbons (Fsp3) is 0.258. The number of hydrogen-bond donors (Lipinski definition) is 1. The van der Waals surface area contributed by atoms with E-state index in [1.165, 1.54) is 17.0 Å². The summed E-state index contributed by atoms with van der Waals surface area (Å²) in [6, 6.07) is 16.3. The van der Waals surface area contributed by atoms with Gasteiger partial charge in [0.1, 0.15) is 23.4 Å². The third-order valence-electron chi connectivity index (χ3n) is 7.25. The minimum Gasteiger partial charge on any atom is -0.507 e. The third kappa shape index (κ3) is 4.29. The first-order valence-electron chi connectivity index (χ1n) is 12.8. The zero-order valence-corrected chi connectivity index (χ0v) is 22.8. The van der Waals surface area contributed by atoms with Gasteiger partial charge in [-0.15, -0.1) is 0 Å². The van der Waals surface area contributed by atoms with Crippen LogP contribution in [0.4, 0.5) is 9.52 Å². The maximum atomic E-state index is 13.9. The summed E-state index contributed by atoms with van der Waals surface area (Å²) >= 11 is 1.13. The molecule has 1 aromatic heterocycles. The van der Waals surface area contributed by atoms with E-state index in [1.807, 2.05) is 37.3 Å². The van der Waals surface area contributed by atoms with Gasteiger partial charge < -0.3 is 9.84 Å². The highest BCUT2D eigenvalue weighted by Gasteiger charge is 2.48. The van der Waals surface area contributed by atoms with Crippen molar-refractivity contribution in [1.82, 2.24) is 4.98 Å². The number of carbonyl (C=O) groups is 2. The predicted molar refractivity (Wildman–Crippen MR) is 150 cm³/mol. The van der Waals surface area contributed by atoms with E-state index >= 15 is 0 Å². The number of nitrogens with zero attached hydrogens (tertiary/aromatic N) is 2. The minimum atomic E-state index is -0.909. The van der Waals surface area contributed by atoms with Crippen LogP contribution in [0.15, 0.2) is 66.2 Å². The van der Waals surface area contributed by atoms with Crippen molar-refractivity contribution in [3.05, 3.63) is 94.3 Å². The fourth-order valence-electron chi connectivity index (χ4n) is 5.22. The predicted octanol–water partition coefficient (Wildman–Crippen LogP) is 6.68. The van der Waals surface area contributed by atoms with Crippen LogP contribution in [0, 0.1) is 5.82 Å². The van der Waals surface area contributed by atoms with Gasteiger partial charge in [0.25, 0.3) is 5.78 Å². The molecule has 1 fully saturated rings. The van der Waals surface area contributed by atoms with Gasteiger partial charge in [-0.25, -0.2) is 9.37 Å². The Morgan fingerprint density at radius 1 is 1.08 bits per heavy atom. The Morgan fingerprint density at radius 3 is 2.54 bits per heavy atom. The van der Waals surface area contributed by atoms with Gasteiger partial charge in [-0.3, -0.25) is 14.5 Å². The zero-order valence-electron chi connectivity index (χ0n) is 22.0. The smallest absolute Gasteiger partial charge is 0.301 e. The van der Waals surface area contributed by atoms with Crippen LogP contribution >= 0.6 is 11.3 Å². The first-order valence-corrected chi connectivity index (χ1v) is 13.6. The molecular weight excluding hydrogens is 515 g/mol. The number of ether oxygens (including phenoxy) is 1. The Balaban J connectivity index is 1.53. The molecule has 2 aliphatic rings. The monoisotopic (exact) mass is 542 g/mol. The standard InChI is InChI=1S/C31H27FN2O4S/c1-16-13-19-14-18(7-12-23(19)38-16)27(35)25-26(17-5-8-20(9-6-17)31(2,3)4)34(29(37)28(25)36)30-33-22-11-10-21(32)15-24(22)39-30/h5-12,14-16,26,35H,13H2,1-4H3/b27-25+/t16-,26-/m0/s1. The lowest BCUT2D eigenvalue weighted by atomic mass is 9.85. The highest BCUT2D eigenvalue weighted by molar-refractivity contribution is 7.22. The lowest BCUT2D eigenvalue weighted by Gasteiger charge is -2.24. The number of Topliss-reactive ketones (excluding diaryl/α,β-unsaturated/α-hetero) is 1. The van der Waals surface area contributed by atoms with E-state index < -0.39 is 23.5 Å². The highest BCUT2D eigenvalue weighted by Crippen LogP contribution is 2.45. The van der Waals surface area contributed by atoms with Gasteiger partial charge in [-0.1, -0.05) is 56.4 Å². The number of carbonyl (C=O) groups excluding carboxylic acids is 2. The van der Waals surface area contributed by atoms with Crippen LogP contribution in [-0.4, -0.2) is 27.9 Å². The molecule has 2 aliphatic heterocycles. The number of hydrogen-bond acceptors (Lipinski definition) is 6. The molecule has 1 N–H and O–H groups in total. The van der Waals surface area contributed by atoms with Crippen LogP contribution in [0.2, 0.25) is 0 Å². The van der Waals surface area contributed by atoms with Gasteiger partial charge in [-0.2, -0.15) is 0 Å². The molecular formula is C31H27FN2O4S. The van der Waals surface area contributed by atoms with E-state index in [9.17, 15) is 19.1 Å². The summed E-state index contributed by atoms with van der Waals surface area (Å²) in [5.41, 5.74) is 3.53.